The number of carbonyl (C=O) groups is 1. The highest BCUT2D eigenvalue weighted by Gasteiger charge is 2.09. The van der Waals surface area contributed by atoms with Crippen molar-refractivity contribution >= 4 is 11.6 Å². The Morgan fingerprint density at radius 1 is 1.60 bits per heavy atom. The second-order valence-electron chi connectivity index (χ2n) is 3.63. The van der Waals surface area contributed by atoms with Crippen molar-refractivity contribution in [1.29, 1.82) is 0 Å². The number of aliphatic hydroxyl groups excluding tert-OH is 1. The molecule has 4 N–H and O–H groups in total. The van der Waals surface area contributed by atoms with Gasteiger partial charge in [0.15, 0.2) is 0 Å². The lowest BCUT2D eigenvalue weighted by Crippen LogP contribution is -2.31. The zero-order chi connectivity index (χ0) is 11.4. The molecule has 1 aromatic rings. The average molecular weight is 208 g/mol. The number of aryl methyl sites for hydroxylation is 1. The van der Waals surface area contributed by atoms with Gasteiger partial charge in [0.2, 0.25) is 0 Å². The summed E-state index contributed by atoms with van der Waals surface area (Å²) in [5.74, 6) is -0.208. The molecular weight excluding hydrogens is 192 g/mol. The van der Waals surface area contributed by atoms with Crippen LogP contribution < -0.4 is 11.1 Å². The van der Waals surface area contributed by atoms with Crippen LogP contribution in [0.2, 0.25) is 0 Å². The molecule has 0 spiro atoms. The molecule has 0 saturated carbocycles. The highest BCUT2D eigenvalue weighted by molar-refractivity contribution is 5.96. The number of amides is 1. The van der Waals surface area contributed by atoms with E-state index in [1.54, 1.807) is 25.1 Å². The van der Waals surface area contributed by atoms with E-state index in [2.05, 4.69) is 5.32 Å². The summed E-state index contributed by atoms with van der Waals surface area (Å²) in [6.45, 7) is 3.70. The number of carbonyl (C=O) groups excluding carboxylic acids is 1. The zero-order valence-electron chi connectivity index (χ0n) is 8.95. The quantitative estimate of drug-likeness (QED) is 0.640. The number of hydrogen-bond acceptors (Lipinski definition) is 3. The molecule has 0 aliphatic rings. The summed E-state index contributed by atoms with van der Waals surface area (Å²) in [6, 6.07) is 5.18. The number of anilines is 1. The summed E-state index contributed by atoms with van der Waals surface area (Å²) in [5, 5.41) is 11.7. The first kappa shape index (κ1) is 11.5. The number of rotatable bonds is 3. The molecule has 1 aromatic carbocycles. The van der Waals surface area contributed by atoms with Gasteiger partial charge < -0.3 is 16.2 Å². The summed E-state index contributed by atoms with van der Waals surface area (Å²) in [4.78, 5) is 11.6. The van der Waals surface area contributed by atoms with Gasteiger partial charge in [-0.2, -0.15) is 0 Å². The fourth-order valence-electron chi connectivity index (χ4n) is 1.22. The van der Waals surface area contributed by atoms with Gasteiger partial charge in [-0.25, -0.2) is 0 Å². The van der Waals surface area contributed by atoms with Gasteiger partial charge in [-0.15, -0.1) is 0 Å². The summed E-state index contributed by atoms with van der Waals surface area (Å²) in [5.41, 5.74) is 7.57. The first-order valence-corrected chi connectivity index (χ1v) is 4.83. The minimum Gasteiger partial charge on any atom is -0.399 e. The Balaban J connectivity index is 2.77. The van der Waals surface area contributed by atoms with E-state index in [4.69, 9.17) is 10.8 Å². The fourth-order valence-corrected chi connectivity index (χ4v) is 1.22. The van der Waals surface area contributed by atoms with E-state index >= 15 is 0 Å². The summed E-state index contributed by atoms with van der Waals surface area (Å²) in [7, 11) is 0. The van der Waals surface area contributed by atoms with Crippen molar-refractivity contribution in [3.05, 3.63) is 29.3 Å². The standard InChI is InChI=1S/C11H16N2O2/c1-7-3-4-9(12)5-10(7)11(15)13-6-8(2)14/h3-5,8,14H,6,12H2,1-2H3,(H,13,15)/t8-/m0/s1. The largest absolute Gasteiger partial charge is 0.399 e. The van der Waals surface area contributed by atoms with Crippen molar-refractivity contribution in [3.63, 3.8) is 0 Å². The van der Waals surface area contributed by atoms with Gasteiger partial charge in [-0.3, -0.25) is 4.79 Å². The van der Waals surface area contributed by atoms with E-state index in [9.17, 15) is 4.79 Å². The van der Waals surface area contributed by atoms with Crippen molar-refractivity contribution in [2.24, 2.45) is 0 Å². The molecular formula is C11H16N2O2. The molecule has 82 valence electrons. The molecule has 1 rings (SSSR count). The lowest BCUT2D eigenvalue weighted by atomic mass is 10.1. The summed E-state index contributed by atoms with van der Waals surface area (Å²) >= 11 is 0. The van der Waals surface area contributed by atoms with Gasteiger partial charge in [0.25, 0.3) is 5.91 Å². The Kier molecular flexibility index (Phi) is 3.68. The van der Waals surface area contributed by atoms with Crippen molar-refractivity contribution in [3.8, 4) is 0 Å². The zero-order valence-corrected chi connectivity index (χ0v) is 8.95. The smallest absolute Gasteiger partial charge is 0.251 e. The van der Waals surface area contributed by atoms with Crippen molar-refractivity contribution in [1.82, 2.24) is 5.32 Å². The topological polar surface area (TPSA) is 75.4 Å². The van der Waals surface area contributed by atoms with Gasteiger partial charge in [0, 0.05) is 17.8 Å². The van der Waals surface area contributed by atoms with Crippen LogP contribution in [0.1, 0.15) is 22.8 Å². The van der Waals surface area contributed by atoms with E-state index in [1.807, 2.05) is 6.92 Å². The Morgan fingerprint density at radius 3 is 2.87 bits per heavy atom. The summed E-state index contributed by atoms with van der Waals surface area (Å²) < 4.78 is 0. The van der Waals surface area contributed by atoms with Crippen molar-refractivity contribution in [2.45, 2.75) is 20.0 Å². The highest BCUT2D eigenvalue weighted by Crippen LogP contribution is 2.12. The average Bonchev–Trinajstić information content (AvgIpc) is 2.18. The molecule has 0 bridgehead atoms. The maximum atomic E-state index is 11.6. The third-order valence-corrected chi connectivity index (χ3v) is 2.06. The van der Waals surface area contributed by atoms with Crippen LogP contribution in [0.25, 0.3) is 0 Å². The predicted molar refractivity (Wildman–Crippen MR) is 59.6 cm³/mol. The fraction of sp³-hybridized carbons (Fsp3) is 0.364. The minimum atomic E-state index is -0.546. The van der Waals surface area contributed by atoms with E-state index in [0.29, 0.717) is 11.3 Å². The normalized spacial score (nSPS) is 12.2. The Morgan fingerprint density at radius 2 is 2.27 bits per heavy atom. The maximum absolute atomic E-state index is 11.6. The minimum absolute atomic E-state index is 0.208. The first-order valence-electron chi connectivity index (χ1n) is 4.83. The lowest BCUT2D eigenvalue weighted by Gasteiger charge is -2.09. The third-order valence-electron chi connectivity index (χ3n) is 2.06. The Bertz CT molecular complexity index is 362. The van der Waals surface area contributed by atoms with E-state index in [0.717, 1.165) is 5.56 Å². The molecule has 0 fully saturated rings. The predicted octanol–water partition coefficient (Wildman–Crippen LogP) is 0.688. The first-order chi connectivity index (χ1) is 7.00. The van der Waals surface area contributed by atoms with Crippen LogP contribution in [-0.2, 0) is 0 Å². The van der Waals surface area contributed by atoms with Crippen LogP contribution in [0.5, 0.6) is 0 Å². The van der Waals surface area contributed by atoms with E-state index in [-0.39, 0.29) is 12.5 Å². The van der Waals surface area contributed by atoms with Crippen molar-refractivity contribution in [2.75, 3.05) is 12.3 Å². The molecule has 0 saturated heterocycles. The van der Waals surface area contributed by atoms with Crippen LogP contribution in [0, 0.1) is 6.92 Å². The molecule has 1 atom stereocenters. The van der Waals surface area contributed by atoms with Crippen LogP contribution in [0.4, 0.5) is 5.69 Å². The lowest BCUT2D eigenvalue weighted by molar-refractivity contribution is 0.0923. The van der Waals surface area contributed by atoms with Crippen molar-refractivity contribution < 1.29 is 9.90 Å². The van der Waals surface area contributed by atoms with Crippen LogP contribution in [-0.4, -0.2) is 23.7 Å². The number of nitrogens with two attached hydrogens (primary N) is 1. The molecule has 0 unspecified atom stereocenters. The molecule has 0 radical (unpaired) electrons. The maximum Gasteiger partial charge on any atom is 0.251 e. The molecule has 0 aliphatic carbocycles. The van der Waals surface area contributed by atoms with E-state index < -0.39 is 6.10 Å². The Hall–Kier alpha value is -1.55. The molecule has 4 heteroatoms. The molecule has 1 amide bonds. The van der Waals surface area contributed by atoms with Gasteiger partial charge in [0.05, 0.1) is 6.10 Å². The second-order valence-corrected chi connectivity index (χ2v) is 3.63. The van der Waals surface area contributed by atoms with Gasteiger partial charge in [-0.05, 0) is 31.5 Å². The van der Waals surface area contributed by atoms with Crippen LogP contribution in [0.3, 0.4) is 0 Å². The SMILES string of the molecule is Cc1ccc(N)cc1C(=O)NC[C@H](C)O. The molecule has 0 heterocycles. The van der Waals surface area contributed by atoms with Crippen LogP contribution >= 0.6 is 0 Å². The molecule has 4 nitrogen and oxygen atoms in total. The van der Waals surface area contributed by atoms with Gasteiger partial charge >= 0.3 is 0 Å². The number of benzene rings is 1. The van der Waals surface area contributed by atoms with Crippen LogP contribution in [0.15, 0.2) is 18.2 Å². The highest BCUT2D eigenvalue weighted by atomic mass is 16.3. The van der Waals surface area contributed by atoms with E-state index in [1.165, 1.54) is 0 Å². The molecule has 0 aliphatic heterocycles. The summed E-state index contributed by atoms with van der Waals surface area (Å²) in [6.07, 6.45) is -0.546. The molecule has 0 aromatic heterocycles. The van der Waals surface area contributed by atoms with Gasteiger partial charge in [0.1, 0.15) is 0 Å². The third kappa shape index (κ3) is 3.25. The van der Waals surface area contributed by atoms with Gasteiger partial charge in [-0.1, -0.05) is 6.07 Å². The monoisotopic (exact) mass is 208 g/mol. The second kappa shape index (κ2) is 4.79. The Labute approximate surface area is 89.1 Å². The number of nitrogens with one attached hydrogen (secondary N) is 1. The molecule has 15 heavy (non-hydrogen) atoms. The number of aliphatic hydroxyl groups is 1. The number of hydrogen-bond donors (Lipinski definition) is 3. The number of nitrogen functional groups attached to an aromatic ring is 1.